The van der Waals surface area contributed by atoms with Crippen molar-refractivity contribution in [1.82, 2.24) is 0 Å². The molecule has 19 heavy (non-hydrogen) atoms. The Bertz CT molecular complexity index is 553. The van der Waals surface area contributed by atoms with E-state index in [1.54, 1.807) is 6.07 Å². The van der Waals surface area contributed by atoms with Crippen LogP contribution in [0.3, 0.4) is 0 Å². The van der Waals surface area contributed by atoms with Gasteiger partial charge in [-0.1, -0.05) is 35.3 Å². The van der Waals surface area contributed by atoms with Crippen molar-refractivity contribution < 1.29 is 4.74 Å². The summed E-state index contributed by atoms with van der Waals surface area (Å²) in [4.78, 5) is 0. The highest BCUT2D eigenvalue weighted by molar-refractivity contribution is 6.30. The van der Waals surface area contributed by atoms with Gasteiger partial charge in [-0.2, -0.15) is 0 Å². The van der Waals surface area contributed by atoms with Crippen molar-refractivity contribution >= 4 is 23.2 Å². The zero-order valence-electron chi connectivity index (χ0n) is 10.6. The van der Waals surface area contributed by atoms with E-state index >= 15 is 0 Å². The molecule has 0 amide bonds. The summed E-state index contributed by atoms with van der Waals surface area (Å²) in [7, 11) is 0. The molecule has 100 valence electrons. The smallest absolute Gasteiger partial charge is 0.124 e. The summed E-state index contributed by atoms with van der Waals surface area (Å²) >= 11 is 11.8. The van der Waals surface area contributed by atoms with Crippen molar-refractivity contribution in [2.45, 2.75) is 19.6 Å². The molecule has 2 N–H and O–H groups in total. The van der Waals surface area contributed by atoms with Crippen LogP contribution in [0, 0.1) is 0 Å². The Morgan fingerprint density at radius 1 is 1.05 bits per heavy atom. The molecule has 0 heterocycles. The molecule has 0 fully saturated rings. The van der Waals surface area contributed by atoms with Crippen molar-refractivity contribution in [3.8, 4) is 5.75 Å². The van der Waals surface area contributed by atoms with Crippen molar-refractivity contribution in [1.29, 1.82) is 0 Å². The highest BCUT2D eigenvalue weighted by atomic mass is 35.5. The van der Waals surface area contributed by atoms with Gasteiger partial charge in [-0.25, -0.2) is 0 Å². The summed E-state index contributed by atoms with van der Waals surface area (Å²) in [6, 6.07) is 12.9. The van der Waals surface area contributed by atoms with Gasteiger partial charge in [0.15, 0.2) is 0 Å². The van der Waals surface area contributed by atoms with Gasteiger partial charge in [0.05, 0.1) is 0 Å². The number of ether oxygens (including phenoxy) is 1. The topological polar surface area (TPSA) is 35.2 Å². The van der Waals surface area contributed by atoms with Crippen LogP contribution in [0.5, 0.6) is 5.75 Å². The van der Waals surface area contributed by atoms with E-state index in [1.807, 2.05) is 43.3 Å². The largest absolute Gasteiger partial charge is 0.489 e. The second-order valence-corrected chi connectivity index (χ2v) is 5.26. The lowest BCUT2D eigenvalue weighted by molar-refractivity contribution is 0.301. The Balaban J connectivity index is 2.13. The lowest BCUT2D eigenvalue weighted by atomic mass is 10.1. The second kappa shape index (κ2) is 6.29. The van der Waals surface area contributed by atoms with Crippen LogP contribution < -0.4 is 10.5 Å². The fourth-order valence-corrected chi connectivity index (χ4v) is 2.05. The quantitative estimate of drug-likeness (QED) is 0.895. The SMILES string of the molecule is C[C@@H](N)c1cc(Cl)ccc1OCc1ccc(Cl)cc1. The Hall–Kier alpha value is -1.22. The third-order valence-corrected chi connectivity index (χ3v) is 3.26. The monoisotopic (exact) mass is 295 g/mol. The van der Waals surface area contributed by atoms with Gasteiger partial charge in [0.2, 0.25) is 0 Å². The Morgan fingerprint density at radius 2 is 1.68 bits per heavy atom. The van der Waals surface area contributed by atoms with Crippen LogP contribution in [0.4, 0.5) is 0 Å². The standard InChI is InChI=1S/C15H15Cl2NO/c1-10(18)14-8-13(17)6-7-15(14)19-9-11-2-4-12(16)5-3-11/h2-8,10H,9,18H2,1H3/t10-/m1/s1. The van der Waals surface area contributed by atoms with Gasteiger partial charge in [-0.05, 0) is 42.8 Å². The molecule has 2 nitrogen and oxygen atoms in total. The highest BCUT2D eigenvalue weighted by Crippen LogP contribution is 2.28. The summed E-state index contributed by atoms with van der Waals surface area (Å²) in [5.74, 6) is 0.759. The molecule has 2 aromatic rings. The molecule has 0 saturated carbocycles. The van der Waals surface area contributed by atoms with E-state index in [9.17, 15) is 0 Å². The summed E-state index contributed by atoms with van der Waals surface area (Å²) in [6.45, 7) is 2.37. The van der Waals surface area contributed by atoms with Gasteiger partial charge >= 0.3 is 0 Å². The van der Waals surface area contributed by atoms with Crippen molar-refractivity contribution in [2.75, 3.05) is 0 Å². The average molecular weight is 296 g/mol. The minimum absolute atomic E-state index is 0.126. The van der Waals surface area contributed by atoms with E-state index in [0.717, 1.165) is 16.9 Å². The van der Waals surface area contributed by atoms with Crippen molar-refractivity contribution in [3.63, 3.8) is 0 Å². The maximum Gasteiger partial charge on any atom is 0.124 e. The molecule has 4 heteroatoms. The van der Waals surface area contributed by atoms with Gasteiger partial charge in [0.25, 0.3) is 0 Å². The van der Waals surface area contributed by atoms with Crippen molar-refractivity contribution in [3.05, 3.63) is 63.6 Å². The second-order valence-electron chi connectivity index (χ2n) is 4.39. The summed E-state index contributed by atoms with van der Waals surface area (Å²) in [5.41, 5.74) is 7.87. The fraction of sp³-hybridized carbons (Fsp3) is 0.200. The predicted octanol–water partition coefficient (Wildman–Crippen LogP) is 4.59. The lowest BCUT2D eigenvalue weighted by Crippen LogP contribution is -2.08. The van der Waals surface area contributed by atoms with E-state index < -0.39 is 0 Å². The van der Waals surface area contributed by atoms with Crippen LogP contribution in [0.1, 0.15) is 24.1 Å². The maximum absolute atomic E-state index is 5.97. The van der Waals surface area contributed by atoms with E-state index in [2.05, 4.69) is 0 Å². The zero-order valence-corrected chi connectivity index (χ0v) is 12.1. The molecule has 0 unspecified atom stereocenters. The van der Waals surface area contributed by atoms with Gasteiger partial charge < -0.3 is 10.5 Å². The van der Waals surface area contributed by atoms with Crippen LogP contribution in [0.15, 0.2) is 42.5 Å². The van der Waals surface area contributed by atoms with Gasteiger partial charge in [-0.15, -0.1) is 0 Å². The molecular formula is C15H15Cl2NO. The molecule has 0 bridgehead atoms. The molecule has 0 radical (unpaired) electrons. The van der Waals surface area contributed by atoms with Gasteiger partial charge in [-0.3, -0.25) is 0 Å². The molecular weight excluding hydrogens is 281 g/mol. The number of benzene rings is 2. The summed E-state index contributed by atoms with van der Waals surface area (Å²) < 4.78 is 5.80. The number of rotatable bonds is 4. The molecule has 0 aromatic heterocycles. The minimum atomic E-state index is -0.126. The Labute approximate surface area is 123 Å². The van der Waals surface area contributed by atoms with Crippen LogP contribution in [0.25, 0.3) is 0 Å². The third kappa shape index (κ3) is 3.87. The van der Waals surface area contributed by atoms with Crippen LogP contribution in [-0.4, -0.2) is 0 Å². The van der Waals surface area contributed by atoms with Crippen molar-refractivity contribution in [2.24, 2.45) is 5.73 Å². The first kappa shape index (κ1) is 14.2. The van der Waals surface area contributed by atoms with Crippen LogP contribution in [-0.2, 0) is 6.61 Å². The molecule has 0 spiro atoms. The molecule has 2 rings (SSSR count). The van der Waals surface area contributed by atoms with Crippen LogP contribution >= 0.6 is 23.2 Å². The van der Waals surface area contributed by atoms with Gasteiger partial charge in [0, 0.05) is 21.7 Å². The third-order valence-electron chi connectivity index (χ3n) is 2.77. The maximum atomic E-state index is 5.97. The molecule has 0 aliphatic heterocycles. The number of hydrogen-bond donors (Lipinski definition) is 1. The highest BCUT2D eigenvalue weighted by Gasteiger charge is 2.09. The minimum Gasteiger partial charge on any atom is -0.489 e. The predicted molar refractivity (Wildman–Crippen MR) is 79.8 cm³/mol. The fourth-order valence-electron chi connectivity index (χ4n) is 1.75. The van der Waals surface area contributed by atoms with E-state index in [1.165, 1.54) is 0 Å². The average Bonchev–Trinajstić information content (AvgIpc) is 2.39. The first-order valence-electron chi connectivity index (χ1n) is 5.98. The first-order valence-corrected chi connectivity index (χ1v) is 6.74. The first-order chi connectivity index (χ1) is 9.06. The molecule has 0 saturated heterocycles. The number of halogens is 2. The zero-order chi connectivity index (χ0) is 13.8. The number of nitrogens with two attached hydrogens (primary N) is 1. The van der Waals surface area contributed by atoms with E-state index in [4.69, 9.17) is 33.7 Å². The summed E-state index contributed by atoms with van der Waals surface area (Å²) in [5, 5.41) is 1.37. The molecule has 0 aliphatic carbocycles. The van der Waals surface area contributed by atoms with Gasteiger partial charge in [0.1, 0.15) is 12.4 Å². The number of hydrogen-bond acceptors (Lipinski definition) is 2. The molecule has 1 atom stereocenters. The molecule has 2 aromatic carbocycles. The molecule has 0 aliphatic rings. The Kier molecular flexibility index (Phi) is 4.70. The van der Waals surface area contributed by atoms with E-state index in [-0.39, 0.29) is 6.04 Å². The summed E-state index contributed by atoms with van der Waals surface area (Å²) in [6.07, 6.45) is 0. The Morgan fingerprint density at radius 3 is 2.32 bits per heavy atom. The lowest BCUT2D eigenvalue weighted by Gasteiger charge is -2.14. The van der Waals surface area contributed by atoms with Crippen LogP contribution in [0.2, 0.25) is 10.0 Å². The normalized spacial score (nSPS) is 12.2. The van der Waals surface area contributed by atoms with E-state index in [0.29, 0.717) is 16.7 Å².